The monoisotopic (exact) mass is 430 g/mol. The van der Waals surface area contributed by atoms with Gasteiger partial charge in [0.1, 0.15) is 17.1 Å². The van der Waals surface area contributed by atoms with E-state index in [0.29, 0.717) is 22.5 Å². The van der Waals surface area contributed by atoms with E-state index >= 15 is 0 Å². The van der Waals surface area contributed by atoms with Gasteiger partial charge in [-0.15, -0.1) is 11.8 Å². The Kier molecular flexibility index (Phi) is 4.89. The first kappa shape index (κ1) is 20.1. The zero-order valence-electron chi connectivity index (χ0n) is 16.5. The van der Waals surface area contributed by atoms with Crippen LogP contribution in [0, 0.1) is 6.92 Å². The number of esters is 2. The molecule has 30 heavy (non-hydrogen) atoms. The van der Waals surface area contributed by atoms with Gasteiger partial charge in [0.05, 0.1) is 11.1 Å². The summed E-state index contributed by atoms with van der Waals surface area (Å²) in [4.78, 5) is 64.4. The van der Waals surface area contributed by atoms with Crippen molar-refractivity contribution in [2.45, 2.75) is 32.2 Å². The second-order valence-corrected chi connectivity index (χ2v) is 8.25. The van der Waals surface area contributed by atoms with Crippen molar-refractivity contribution >= 4 is 41.4 Å². The molecule has 0 N–H and O–H groups in total. The summed E-state index contributed by atoms with van der Waals surface area (Å²) in [5, 5.41) is -0.583. The number of nitrogens with zero attached hydrogens (tertiary/aromatic N) is 2. The molecule has 0 aliphatic carbocycles. The average Bonchev–Trinajstić information content (AvgIpc) is 2.94. The standard InChI is InChI=1S/C20H18N2O7S/c1-9-5-4-6-12-13(9)17(25)21(16(12)24)15-18(26)22-14(10(2)7-30-19(15)22)20(27)29-8-28-11(3)23/h4-6,15,19H,7-8H2,1-3H3/t15?,19-/m0/s1. The van der Waals surface area contributed by atoms with Crippen LogP contribution in [-0.2, 0) is 23.9 Å². The number of thioether (sulfide) groups is 1. The van der Waals surface area contributed by atoms with E-state index in [1.54, 1.807) is 32.0 Å². The number of rotatable bonds is 4. The van der Waals surface area contributed by atoms with Gasteiger partial charge in [0.2, 0.25) is 6.79 Å². The van der Waals surface area contributed by atoms with Crippen molar-refractivity contribution in [3.63, 3.8) is 0 Å². The third kappa shape index (κ3) is 2.90. The fraction of sp³-hybridized carbons (Fsp3) is 0.350. The van der Waals surface area contributed by atoms with Crippen LogP contribution < -0.4 is 0 Å². The number of β-lactam (4-membered cyclic amide) rings is 1. The van der Waals surface area contributed by atoms with Crippen molar-refractivity contribution in [3.05, 3.63) is 46.2 Å². The van der Waals surface area contributed by atoms with Crippen molar-refractivity contribution < 1.29 is 33.4 Å². The summed E-state index contributed by atoms with van der Waals surface area (Å²) in [7, 11) is 0. The number of fused-ring (bicyclic) bond motifs is 2. The predicted molar refractivity (Wildman–Crippen MR) is 104 cm³/mol. The number of hydrogen-bond acceptors (Lipinski definition) is 8. The molecule has 1 aromatic carbocycles. The highest BCUT2D eigenvalue weighted by Gasteiger charge is 2.60. The van der Waals surface area contributed by atoms with Gasteiger partial charge in [0, 0.05) is 12.7 Å². The summed E-state index contributed by atoms with van der Waals surface area (Å²) >= 11 is 1.36. The number of benzene rings is 1. The molecule has 0 radical (unpaired) electrons. The molecule has 9 nitrogen and oxygen atoms in total. The molecular weight excluding hydrogens is 412 g/mol. The lowest BCUT2D eigenvalue weighted by atomic mass is 10.0. The van der Waals surface area contributed by atoms with Crippen LogP contribution in [-0.4, -0.2) is 63.4 Å². The third-order valence-electron chi connectivity index (χ3n) is 5.21. The molecule has 3 aliphatic heterocycles. The molecule has 4 rings (SSSR count). The highest BCUT2D eigenvalue weighted by atomic mass is 32.2. The van der Waals surface area contributed by atoms with Gasteiger partial charge in [-0.25, -0.2) is 4.79 Å². The molecule has 1 aromatic rings. The molecule has 1 saturated heterocycles. The van der Waals surface area contributed by atoms with Gasteiger partial charge < -0.3 is 9.47 Å². The van der Waals surface area contributed by atoms with Crippen LogP contribution in [0.5, 0.6) is 0 Å². The summed E-state index contributed by atoms with van der Waals surface area (Å²) in [6.07, 6.45) is 0. The SMILES string of the molecule is CC(=O)OCOC(=O)C1=C(C)CS[C@H]2C(N3C(=O)c4cccc(C)c4C3=O)C(=O)N12. The van der Waals surface area contributed by atoms with E-state index in [-0.39, 0.29) is 11.3 Å². The van der Waals surface area contributed by atoms with Gasteiger partial charge in [-0.1, -0.05) is 12.1 Å². The first-order chi connectivity index (χ1) is 14.2. The normalized spacial score (nSPS) is 22.6. The van der Waals surface area contributed by atoms with Gasteiger partial charge in [-0.05, 0) is 31.1 Å². The van der Waals surface area contributed by atoms with E-state index < -0.39 is 47.9 Å². The second-order valence-electron chi connectivity index (χ2n) is 7.15. The molecule has 0 aromatic heterocycles. The van der Waals surface area contributed by atoms with Gasteiger partial charge in [0.15, 0.2) is 0 Å². The maximum absolute atomic E-state index is 13.0. The van der Waals surface area contributed by atoms with E-state index in [1.807, 2.05) is 0 Å². The minimum Gasteiger partial charge on any atom is -0.428 e. The number of ether oxygens (including phenoxy) is 2. The third-order valence-corrected chi connectivity index (χ3v) is 6.62. The summed E-state index contributed by atoms with van der Waals surface area (Å²) in [5.41, 5.74) is 1.93. The van der Waals surface area contributed by atoms with E-state index in [0.717, 1.165) is 4.90 Å². The van der Waals surface area contributed by atoms with E-state index in [9.17, 15) is 24.0 Å². The Morgan fingerprint density at radius 1 is 1.10 bits per heavy atom. The van der Waals surface area contributed by atoms with Crippen LogP contribution in [0.15, 0.2) is 29.5 Å². The first-order valence-electron chi connectivity index (χ1n) is 9.16. The maximum Gasteiger partial charge on any atom is 0.357 e. The van der Waals surface area contributed by atoms with Crippen LogP contribution in [0.3, 0.4) is 0 Å². The number of imide groups is 1. The fourth-order valence-electron chi connectivity index (χ4n) is 3.81. The molecule has 3 amide bonds. The van der Waals surface area contributed by atoms with Gasteiger partial charge in [0.25, 0.3) is 17.7 Å². The molecule has 1 fully saturated rings. The molecule has 10 heteroatoms. The Bertz CT molecular complexity index is 1050. The lowest BCUT2D eigenvalue weighted by Gasteiger charge is -2.51. The summed E-state index contributed by atoms with van der Waals surface area (Å²) in [6.45, 7) is 4.05. The topological polar surface area (TPSA) is 110 Å². The zero-order valence-corrected chi connectivity index (χ0v) is 17.3. The Morgan fingerprint density at radius 3 is 2.50 bits per heavy atom. The van der Waals surface area contributed by atoms with Gasteiger partial charge >= 0.3 is 11.9 Å². The Labute approximate surface area is 176 Å². The lowest BCUT2D eigenvalue weighted by molar-refractivity contribution is -0.167. The number of amides is 3. The predicted octanol–water partition coefficient (Wildman–Crippen LogP) is 1.21. The van der Waals surface area contributed by atoms with E-state index in [2.05, 4.69) is 4.74 Å². The molecule has 3 aliphatic rings. The highest BCUT2D eigenvalue weighted by Crippen LogP contribution is 2.44. The molecule has 2 atom stereocenters. The first-order valence-corrected chi connectivity index (χ1v) is 10.2. The van der Waals surface area contributed by atoms with E-state index in [1.165, 1.54) is 23.6 Å². The highest BCUT2D eigenvalue weighted by molar-refractivity contribution is 8.00. The van der Waals surface area contributed by atoms with Gasteiger partial charge in [-0.3, -0.25) is 29.0 Å². The zero-order chi connectivity index (χ0) is 21.7. The summed E-state index contributed by atoms with van der Waals surface area (Å²) in [6, 6.07) is 4.00. The minimum absolute atomic E-state index is 0.0555. The van der Waals surface area contributed by atoms with Crippen LogP contribution >= 0.6 is 11.8 Å². The molecule has 3 heterocycles. The smallest absolute Gasteiger partial charge is 0.357 e. The van der Waals surface area contributed by atoms with Crippen LogP contribution in [0.2, 0.25) is 0 Å². The number of aryl methyl sites for hydroxylation is 1. The second kappa shape index (κ2) is 7.28. The van der Waals surface area contributed by atoms with Crippen LogP contribution in [0.4, 0.5) is 0 Å². The molecule has 0 spiro atoms. The van der Waals surface area contributed by atoms with Crippen molar-refractivity contribution in [3.8, 4) is 0 Å². The fourth-order valence-corrected chi connectivity index (χ4v) is 5.14. The van der Waals surface area contributed by atoms with E-state index in [4.69, 9.17) is 4.74 Å². The molecular formula is C20H18N2O7S. The van der Waals surface area contributed by atoms with Crippen LogP contribution in [0.25, 0.3) is 0 Å². The Morgan fingerprint density at radius 2 is 1.83 bits per heavy atom. The molecule has 1 unspecified atom stereocenters. The van der Waals surface area contributed by atoms with Crippen molar-refractivity contribution in [2.75, 3.05) is 12.5 Å². The number of carbonyl (C=O) groups is 5. The van der Waals surface area contributed by atoms with Crippen molar-refractivity contribution in [1.82, 2.24) is 9.80 Å². The van der Waals surface area contributed by atoms with Crippen LogP contribution in [0.1, 0.15) is 40.1 Å². The number of hydrogen-bond donors (Lipinski definition) is 0. The molecule has 0 saturated carbocycles. The number of carbonyl (C=O) groups excluding carboxylic acids is 5. The lowest BCUT2D eigenvalue weighted by Crippen LogP contribution is -2.71. The maximum atomic E-state index is 13.0. The average molecular weight is 430 g/mol. The summed E-state index contributed by atoms with van der Waals surface area (Å²) in [5.74, 6) is -2.53. The largest absolute Gasteiger partial charge is 0.428 e. The van der Waals surface area contributed by atoms with Crippen molar-refractivity contribution in [1.29, 1.82) is 0 Å². The quantitative estimate of drug-likeness (QED) is 0.303. The van der Waals surface area contributed by atoms with Crippen molar-refractivity contribution in [2.24, 2.45) is 0 Å². The molecule has 0 bridgehead atoms. The van der Waals surface area contributed by atoms with Gasteiger partial charge in [-0.2, -0.15) is 0 Å². The Hall–Kier alpha value is -3.14. The Balaban J connectivity index is 1.57. The molecule has 156 valence electrons. The minimum atomic E-state index is -0.994. The summed E-state index contributed by atoms with van der Waals surface area (Å²) < 4.78 is 9.55.